The maximum atomic E-state index is 12.5. The molecule has 272 valence electrons. The highest BCUT2D eigenvalue weighted by Crippen LogP contribution is 2.61. The zero-order chi connectivity index (χ0) is 36.1. The van der Waals surface area contributed by atoms with Crippen molar-refractivity contribution >= 4 is 64.9 Å². The first-order valence-electron chi connectivity index (χ1n) is 13.7. The summed E-state index contributed by atoms with van der Waals surface area (Å²) in [5.41, 5.74) is 4.26. The van der Waals surface area contributed by atoms with Crippen LogP contribution >= 0.6 is 36.1 Å². The maximum absolute atomic E-state index is 12.5. The highest BCUT2D eigenvalue weighted by Gasteiger charge is 2.50. The number of imidazole rings is 1. The molecule has 23 nitrogen and oxygen atoms in total. The summed E-state index contributed by atoms with van der Waals surface area (Å²) < 4.78 is 61.7. The number of hydrogen-bond acceptors (Lipinski definition) is 17. The Kier molecular flexibility index (Phi) is 13.7. The number of anilines is 1. The van der Waals surface area contributed by atoms with Crippen molar-refractivity contribution in [3.63, 3.8) is 0 Å². The number of rotatable bonds is 18. The largest absolute Gasteiger partial charge is 0.481 e. The van der Waals surface area contributed by atoms with Crippen LogP contribution in [0.5, 0.6) is 0 Å². The lowest BCUT2D eigenvalue weighted by Crippen LogP contribution is -2.46. The molecule has 2 aromatic heterocycles. The van der Waals surface area contributed by atoms with Crippen LogP contribution in [-0.4, -0.2) is 118 Å². The van der Waals surface area contributed by atoms with Crippen molar-refractivity contribution in [3.05, 3.63) is 12.7 Å². The monoisotopic (exact) mass is 767 g/mol. The second-order valence-corrected chi connectivity index (χ2v) is 15.5. The van der Waals surface area contributed by atoms with E-state index in [-0.39, 0.29) is 35.9 Å². The summed E-state index contributed by atoms with van der Waals surface area (Å²) in [7, 11) is -16.2. The van der Waals surface area contributed by atoms with Gasteiger partial charge in [-0.2, -0.15) is 16.9 Å². The average molecular weight is 768 g/mol. The predicted molar refractivity (Wildman–Crippen MR) is 163 cm³/mol. The molecular weight excluding hydrogens is 731 g/mol. The smallest absolute Gasteiger partial charge is 0.387 e. The number of amides is 2. The number of carbonyl (C=O) groups excluding carboxylic acids is 2. The van der Waals surface area contributed by atoms with Crippen LogP contribution in [0.4, 0.5) is 5.82 Å². The third-order valence-corrected chi connectivity index (χ3v) is 9.84. The number of aromatic nitrogens is 4. The van der Waals surface area contributed by atoms with Crippen LogP contribution in [0.25, 0.3) is 11.2 Å². The molecule has 1 fully saturated rings. The molecule has 27 heteroatoms. The van der Waals surface area contributed by atoms with Gasteiger partial charge in [-0.1, -0.05) is 13.8 Å². The number of nitrogens with zero attached hydrogens (tertiary/aromatic N) is 4. The van der Waals surface area contributed by atoms with Crippen molar-refractivity contribution in [3.8, 4) is 0 Å². The Labute approximate surface area is 277 Å². The maximum Gasteiger partial charge on any atom is 0.481 e. The van der Waals surface area contributed by atoms with Crippen molar-refractivity contribution < 1.29 is 75.7 Å². The predicted octanol–water partition coefficient (Wildman–Crippen LogP) is -1.67. The minimum atomic E-state index is -5.50. The molecule has 0 aliphatic carbocycles. The number of phosphoric acid groups is 3. The summed E-state index contributed by atoms with van der Waals surface area (Å²) in [6, 6.07) is 0. The molecule has 1 saturated heterocycles. The minimum Gasteiger partial charge on any atom is -0.387 e. The highest BCUT2D eigenvalue weighted by molar-refractivity contribution is 7.80. The summed E-state index contributed by atoms with van der Waals surface area (Å²) >= 11 is 3.95. The van der Waals surface area contributed by atoms with Gasteiger partial charge in [-0.3, -0.25) is 27.7 Å². The molecule has 0 bridgehead atoms. The summed E-state index contributed by atoms with van der Waals surface area (Å²) in [6.45, 7) is 0.791. The second kappa shape index (κ2) is 16.3. The van der Waals surface area contributed by atoms with E-state index in [1.165, 1.54) is 13.8 Å². The van der Waals surface area contributed by atoms with Crippen LogP contribution in [0.1, 0.15) is 26.5 Å². The number of hydrogen-bond donors (Lipinski definition) is 10. The van der Waals surface area contributed by atoms with Crippen LogP contribution in [0, 0.1) is 5.41 Å². The van der Waals surface area contributed by atoms with Crippen molar-refractivity contribution in [2.24, 2.45) is 5.41 Å². The number of carbonyl (C=O) groups is 2. The van der Waals surface area contributed by atoms with E-state index in [1.54, 1.807) is 0 Å². The molecule has 2 aromatic rings. The second-order valence-electron chi connectivity index (χ2n) is 10.8. The van der Waals surface area contributed by atoms with Gasteiger partial charge in [-0.25, -0.2) is 28.6 Å². The van der Waals surface area contributed by atoms with E-state index in [1.807, 2.05) is 0 Å². The van der Waals surface area contributed by atoms with Gasteiger partial charge in [-0.15, -0.1) is 0 Å². The lowest BCUT2D eigenvalue weighted by molar-refractivity contribution is -0.137. The molecule has 2 unspecified atom stereocenters. The molecule has 0 radical (unpaired) electrons. The number of aliphatic hydroxyl groups excluding tert-OH is 2. The molecule has 1 aliphatic heterocycles. The fourth-order valence-electron chi connectivity index (χ4n) is 4.11. The first kappa shape index (κ1) is 40.3. The number of nitrogen functional groups attached to an aromatic ring is 1. The number of aliphatic hydroxyl groups is 2. The molecule has 3 rings (SSSR count). The molecular formula is C21H36N7O16P3S. The summed E-state index contributed by atoms with van der Waals surface area (Å²) in [4.78, 5) is 74.6. The quantitative estimate of drug-likeness (QED) is 0.0599. The van der Waals surface area contributed by atoms with Crippen LogP contribution in [0.15, 0.2) is 12.7 Å². The van der Waals surface area contributed by atoms with Gasteiger partial charge in [0.15, 0.2) is 17.7 Å². The molecule has 1 aliphatic rings. The van der Waals surface area contributed by atoms with Gasteiger partial charge in [0.25, 0.3) is 0 Å². The Balaban J connectivity index is 1.60. The summed E-state index contributed by atoms with van der Waals surface area (Å²) in [5, 5.41) is 26.0. The number of phosphoric ester groups is 3. The lowest BCUT2D eigenvalue weighted by Gasteiger charge is -2.30. The normalized spacial score (nSPS) is 23.4. The number of thiol groups is 1. The SMILES string of the molecule is CC(C)(COP(=O)(O)OP(=O)(O)OC[C@H]1O[C@@H](n2cnc3c(N)ncnc32)[C@H](OP(=O)(O)O)[C@@H]1O)[C@@H](O)C(=O)NCCC(=O)NCCS. The van der Waals surface area contributed by atoms with Crippen LogP contribution in [0.3, 0.4) is 0 Å². The fourth-order valence-corrected chi connectivity index (χ4v) is 7.02. The number of ether oxygens (including phenoxy) is 1. The first-order valence-corrected chi connectivity index (χ1v) is 18.8. The van der Waals surface area contributed by atoms with E-state index < -0.39 is 78.6 Å². The van der Waals surface area contributed by atoms with Gasteiger partial charge in [0, 0.05) is 30.7 Å². The van der Waals surface area contributed by atoms with Crippen molar-refractivity contribution in [1.82, 2.24) is 30.2 Å². The van der Waals surface area contributed by atoms with Gasteiger partial charge in [0.2, 0.25) is 11.8 Å². The Morgan fingerprint density at radius 3 is 2.42 bits per heavy atom. The van der Waals surface area contributed by atoms with Crippen molar-refractivity contribution in [2.45, 2.75) is 50.9 Å². The highest BCUT2D eigenvalue weighted by atomic mass is 32.1. The molecule has 2 amide bonds. The van der Waals surface area contributed by atoms with E-state index in [0.29, 0.717) is 12.3 Å². The number of fused-ring (bicyclic) bond motifs is 1. The number of nitrogens with one attached hydrogen (secondary N) is 2. The molecule has 48 heavy (non-hydrogen) atoms. The zero-order valence-electron chi connectivity index (χ0n) is 25.2. The number of nitrogens with two attached hydrogens (primary N) is 1. The molecule has 7 atom stereocenters. The lowest BCUT2D eigenvalue weighted by atomic mass is 9.87. The molecule has 0 spiro atoms. The Bertz CT molecular complexity index is 1590. The third kappa shape index (κ3) is 11.2. The van der Waals surface area contributed by atoms with Crippen LogP contribution < -0.4 is 16.4 Å². The Morgan fingerprint density at radius 2 is 1.77 bits per heavy atom. The molecule has 0 saturated carbocycles. The fraction of sp³-hybridized carbons (Fsp3) is 0.667. The van der Waals surface area contributed by atoms with E-state index >= 15 is 0 Å². The van der Waals surface area contributed by atoms with E-state index in [9.17, 15) is 53.1 Å². The van der Waals surface area contributed by atoms with E-state index in [2.05, 4.69) is 42.5 Å². The van der Waals surface area contributed by atoms with Crippen LogP contribution in [-0.2, 0) is 45.9 Å². The summed E-state index contributed by atoms with van der Waals surface area (Å²) in [6.07, 6.45) is -6.77. The molecule has 10 N–H and O–H groups in total. The standard InChI is InChI=1S/C21H36N7O16P3S/c1-21(2,16(31)19(32)24-4-3-12(29)23-5-6-48)8-41-47(38,39)44-46(36,37)40-7-11-14(30)15(43-45(33,34)35)20(42-11)28-10-27-13-17(22)25-9-26-18(13)28/h9-11,14-16,20,30-31,48H,3-8H2,1-2H3,(H,23,29)(H,24,32)(H,36,37)(H,38,39)(H2,22,25,26)(H2,33,34,35)/t11-,14-,15-,16+,20-/m1/s1. The van der Waals surface area contributed by atoms with E-state index in [0.717, 1.165) is 17.2 Å². The molecule has 0 aromatic carbocycles. The van der Waals surface area contributed by atoms with Crippen molar-refractivity contribution in [1.29, 1.82) is 0 Å². The average Bonchev–Trinajstić information content (AvgIpc) is 3.54. The Hall–Kier alpha value is -2.11. The Morgan fingerprint density at radius 1 is 1.10 bits per heavy atom. The first-order chi connectivity index (χ1) is 22.2. The topological polar surface area (TPSA) is 347 Å². The minimum absolute atomic E-state index is 0.00736. The van der Waals surface area contributed by atoms with Gasteiger partial charge < -0.3 is 50.9 Å². The van der Waals surface area contributed by atoms with Gasteiger partial charge in [0.1, 0.15) is 36.3 Å². The zero-order valence-corrected chi connectivity index (χ0v) is 28.8. The van der Waals surface area contributed by atoms with Crippen LogP contribution in [0.2, 0.25) is 0 Å². The third-order valence-electron chi connectivity index (χ3n) is 6.51. The van der Waals surface area contributed by atoms with Gasteiger partial charge in [-0.05, 0) is 0 Å². The van der Waals surface area contributed by atoms with Gasteiger partial charge in [0.05, 0.1) is 19.5 Å². The van der Waals surface area contributed by atoms with Crippen molar-refractivity contribution in [2.75, 3.05) is 37.8 Å². The molecule has 3 heterocycles. The summed E-state index contributed by atoms with van der Waals surface area (Å²) in [5.74, 6) is -0.952. The van der Waals surface area contributed by atoms with Gasteiger partial charge >= 0.3 is 23.5 Å². The van der Waals surface area contributed by atoms with E-state index in [4.69, 9.17) is 24.0 Å².